The molecule has 0 aliphatic carbocycles. The van der Waals surface area contributed by atoms with E-state index >= 15 is 0 Å². The molecule has 3 heteroatoms. The molecular formula is C18H36O2S. The first-order chi connectivity index (χ1) is 10.3. The Balaban J connectivity index is 2.98. The van der Waals surface area contributed by atoms with Crippen LogP contribution >= 0.6 is 11.8 Å². The summed E-state index contributed by atoms with van der Waals surface area (Å²) in [7, 11) is 0. The van der Waals surface area contributed by atoms with Gasteiger partial charge in [-0.2, -0.15) is 0 Å². The highest BCUT2D eigenvalue weighted by atomic mass is 32.2. The largest absolute Gasteiger partial charge is 0.388 e. The second kappa shape index (κ2) is 18.0. The average Bonchev–Trinajstić information content (AvgIpc) is 2.50. The van der Waals surface area contributed by atoms with E-state index < -0.39 is 0 Å². The lowest BCUT2D eigenvalue weighted by molar-refractivity contribution is -0.113. The van der Waals surface area contributed by atoms with Crippen LogP contribution < -0.4 is 0 Å². The fraction of sp³-hybridized carbons (Fsp3) is 0.944. The summed E-state index contributed by atoms with van der Waals surface area (Å²) in [6.45, 7) is 1.96. The summed E-state index contributed by atoms with van der Waals surface area (Å²) in [5.74, 6) is 0.872. The molecule has 0 spiro atoms. The Bertz CT molecular complexity index is 219. The highest BCUT2D eigenvalue weighted by Gasteiger charge is 1.99. The van der Waals surface area contributed by atoms with Gasteiger partial charge in [0.2, 0.25) is 5.12 Å². The molecule has 0 rings (SSSR count). The van der Waals surface area contributed by atoms with E-state index in [0.717, 1.165) is 12.2 Å². The highest BCUT2D eigenvalue weighted by molar-refractivity contribution is 8.13. The van der Waals surface area contributed by atoms with Crippen molar-refractivity contribution in [1.82, 2.24) is 0 Å². The second-order valence-corrected chi connectivity index (χ2v) is 7.13. The Labute approximate surface area is 136 Å². The lowest BCUT2D eigenvalue weighted by atomic mass is 10.0. The summed E-state index contributed by atoms with van der Waals surface area (Å²) in [6, 6.07) is 0. The third kappa shape index (κ3) is 17.9. The van der Waals surface area contributed by atoms with Crippen LogP contribution in [0.3, 0.4) is 0 Å². The molecule has 0 aliphatic rings. The fourth-order valence-electron chi connectivity index (χ4n) is 2.53. The van der Waals surface area contributed by atoms with Crippen LogP contribution in [0.15, 0.2) is 0 Å². The van der Waals surface area contributed by atoms with Gasteiger partial charge in [0.1, 0.15) is 6.61 Å². The van der Waals surface area contributed by atoms with Crippen molar-refractivity contribution in [2.24, 2.45) is 0 Å². The summed E-state index contributed by atoms with van der Waals surface area (Å²) in [4.78, 5) is 10.9. The first-order valence-corrected chi connectivity index (χ1v) is 10.1. The van der Waals surface area contributed by atoms with Crippen molar-refractivity contribution in [3.8, 4) is 0 Å². The predicted molar refractivity (Wildman–Crippen MR) is 94.9 cm³/mol. The molecule has 0 saturated heterocycles. The molecule has 0 unspecified atom stereocenters. The van der Waals surface area contributed by atoms with Gasteiger partial charge in [-0.15, -0.1) is 0 Å². The van der Waals surface area contributed by atoms with Crippen molar-refractivity contribution in [2.75, 3.05) is 12.4 Å². The van der Waals surface area contributed by atoms with E-state index in [4.69, 9.17) is 5.11 Å². The minimum absolute atomic E-state index is 0.0929. The third-order valence-electron chi connectivity index (χ3n) is 3.89. The summed E-state index contributed by atoms with van der Waals surface area (Å²) < 4.78 is 0. The van der Waals surface area contributed by atoms with Crippen LogP contribution in [0.1, 0.15) is 96.8 Å². The quantitative estimate of drug-likeness (QED) is 0.370. The van der Waals surface area contributed by atoms with Gasteiger partial charge in [-0.05, 0) is 6.42 Å². The number of carbonyl (C=O) groups is 1. The van der Waals surface area contributed by atoms with Gasteiger partial charge in [-0.25, -0.2) is 0 Å². The number of aliphatic hydroxyl groups is 1. The molecule has 0 amide bonds. The average molecular weight is 317 g/mol. The van der Waals surface area contributed by atoms with Crippen molar-refractivity contribution >= 4 is 16.9 Å². The Morgan fingerprint density at radius 2 is 1.10 bits per heavy atom. The molecule has 0 aliphatic heterocycles. The number of rotatable bonds is 16. The first-order valence-electron chi connectivity index (χ1n) is 9.07. The number of thioether (sulfide) groups is 1. The monoisotopic (exact) mass is 316 g/mol. The molecule has 126 valence electrons. The zero-order valence-corrected chi connectivity index (χ0v) is 14.9. The van der Waals surface area contributed by atoms with Crippen LogP contribution in [0.2, 0.25) is 0 Å². The van der Waals surface area contributed by atoms with E-state index in [2.05, 4.69) is 6.92 Å². The van der Waals surface area contributed by atoms with Gasteiger partial charge in [0.05, 0.1) is 0 Å². The number of hydrogen-bond donors (Lipinski definition) is 1. The zero-order valence-electron chi connectivity index (χ0n) is 14.1. The highest BCUT2D eigenvalue weighted by Crippen LogP contribution is 2.14. The van der Waals surface area contributed by atoms with Gasteiger partial charge < -0.3 is 5.11 Å². The number of carbonyl (C=O) groups excluding carboxylic acids is 1. The molecule has 2 nitrogen and oxygen atoms in total. The van der Waals surface area contributed by atoms with Crippen molar-refractivity contribution < 1.29 is 9.90 Å². The van der Waals surface area contributed by atoms with E-state index in [1.807, 2.05) is 0 Å². The number of hydrogen-bond acceptors (Lipinski definition) is 3. The molecule has 0 atom stereocenters. The van der Waals surface area contributed by atoms with Crippen LogP contribution in [0.25, 0.3) is 0 Å². The summed E-state index contributed by atoms with van der Waals surface area (Å²) in [6.07, 6.45) is 19.1. The van der Waals surface area contributed by atoms with Gasteiger partial charge in [-0.1, -0.05) is 102 Å². The second-order valence-electron chi connectivity index (χ2n) is 5.97. The van der Waals surface area contributed by atoms with E-state index in [1.165, 1.54) is 95.2 Å². The molecule has 0 aromatic heterocycles. The van der Waals surface area contributed by atoms with E-state index in [1.54, 1.807) is 0 Å². The topological polar surface area (TPSA) is 37.3 Å². The fourth-order valence-corrected chi connectivity index (χ4v) is 3.20. The maximum absolute atomic E-state index is 10.9. The lowest BCUT2D eigenvalue weighted by Gasteiger charge is -2.03. The molecule has 0 heterocycles. The Morgan fingerprint density at radius 3 is 1.48 bits per heavy atom. The molecule has 0 fully saturated rings. The minimum atomic E-state index is -0.316. The maximum Gasteiger partial charge on any atom is 0.214 e. The molecule has 0 bridgehead atoms. The summed E-state index contributed by atoms with van der Waals surface area (Å²) >= 11 is 1.27. The lowest BCUT2D eigenvalue weighted by Crippen LogP contribution is -1.98. The van der Waals surface area contributed by atoms with E-state index in [9.17, 15) is 4.79 Å². The normalized spacial score (nSPS) is 11.0. The molecule has 1 N–H and O–H groups in total. The standard InChI is InChI=1S/C18H36O2S/c1-2-3-4-5-6-7-8-9-10-11-12-13-14-15-16-21-18(20)17-19/h19H,2-17H2,1H3. The summed E-state index contributed by atoms with van der Waals surface area (Å²) in [5, 5.41) is 8.49. The number of aliphatic hydroxyl groups excluding tert-OH is 1. The molecule has 21 heavy (non-hydrogen) atoms. The van der Waals surface area contributed by atoms with Gasteiger partial charge in [-0.3, -0.25) is 4.79 Å². The van der Waals surface area contributed by atoms with Crippen LogP contribution in [0.5, 0.6) is 0 Å². The van der Waals surface area contributed by atoms with Crippen LogP contribution in [0, 0.1) is 0 Å². The Hall–Kier alpha value is -0.0200. The molecule has 0 aromatic rings. The molecule has 0 saturated carbocycles. The van der Waals surface area contributed by atoms with Crippen molar-refractivity contribution in [1.29, 1.82) is 0 Å². The maximum atomic E-state index is 10.9. The number of unbranched alkanes of at least 4 members (excludes halogenated alkanes) is 13. The predicted octanol–water partition coefficient (Wildman–Crippen LogP) is 5.72. The van der Waals surface area contributed by atoms with Crippen molar-refractivity contribution in [2.45, 2.75) is 96.8 Å². The van der Waals surface area contributed by atoms with Gasteiger partial charge in [0, 0.05) is 5.75 Å². The van der Waals surface area contributed by atoms with Crippen molar-refractivity contribution in [3.05, 3.63) is 0 Å². The zero-order chi connectivity index (χ0) is 15.6. The Kier molecular flexibility index (Phi) is 18.0. The third-order valence-corrected chi connectivity index (χ3v) is 4.83. The van der Waals surface area contributed by atoms with Crippen LogP contribution in [-0.4, -0.2) is 22.6 Å². The van der Waals surface area contributed by atoms with Gasteiger partial charge >= 0.3 is 0 Å². The SMILES string of the molecule is CCCCCCCCCCCCCCCCSC(=O)CO. The van der Waals surface area contributed by atoms with Crippen LogP contribution in [0.4, 0.5) is 0 Å². The molecular weight excluding hydrogens is 280 g/mol. The molecule has 0 radical (unpaired) electrons. The van der Waals surface area contributed by atoms with E-state index in [-0.39, 0.29) is 11.7 Å². The van der Waals surface area contributed by atoms with E-state index in [0.29, 0.717) is 0 Å². The minimum Gasteiger partial charge on any atom is -0.388 e. The smallest absolute Gasteiger partial charge is 0.214 e. The van der Waals surface area contributed by atoms with Gasteiger partial charge in [0.15, 0.2) is 0 Å². The summed E-state index contributed by atoms with van der Waals surface area (Å²) in [5.41, 5.74) is 0. The Morgan fingerprint density at radius 1 is 0.714 bits per heavy atom. The van der Waals surface area contributed by atoms with Crippen molar-refractivity contribution in [3.63, 3.8) is 0 Å². The van der Waals surface area contributed by atoms with Gasteiger partial charge in [0.25, 0.3) is 0 Å². The molecule has 0 aromatic carbocycles. The first kappa shape index (κ1) is 21.0. The van der Waals surface area contributed by atoms with Crippen LogP contribution in [-0.2, 0) is 4.79 Å².